The Balaban J connectivity index is 1.64. The van der Waals surface area contributed by atoms with E-state index in [9.17, 15) is 0 Å². The van der Waals surface area contributed by atoms with Crippen molar-refractivity contribution in [3.8, 4) is 0 Å². The summed E-state index contributed by atoms with van der Waals surface area (Å²) in [4.78, 5) is 0. The van der Waals surface area contributed by atoms with Gasteiger partial charge in [0, 0.05) is 5.54 Å². The molecule has 0 spiro atoms. The molecule has 0 aliphatic heterocycles. The second-order valence-corrected chi connectivity index (χ2v) is 4.59. The predicted molar refractivity (Wildman–Crippen MR) is 47.6 cm³/mol. The Morgan fingerprint density at radius 2 is 2.00 bits per heavy atom. The Morgan fingerprint density at radius 1 is 1.27 bits per heavy atom. The van der Waals surface area contributed by atoms with Crippen LogP contribution in [-0.4, -0.2) is 12.1 Å². The van der Waals surface area contributed by atoms with Gasteiger partial charge in [0.05, 0.1) is 0 Å². The summed E-state index contributed by atoms with van der Waals surface area (Å²) in [5, 5.41) is 3.70. The lowest BCUT2D eigenvalue weighted by atomic mass is 9.77. The van der Waals surface area contributed by atoms with Crippen LogP contribution in [0.3, 0.4) is 0 Å². The molecule has 2 saturated carbocycles. The van der Waals surface area contributed by atoms with E-state index in [0.717, 1.165) is 5.92 Å². The number of nitrogens with one attached hydrogen (secondary N) is 1. The number of hydrogen-bond acceptors (Lipinski definition) is 1. The molecule has 0 heterocycles. The maximum atomic E-state index is 3.70. The summed E-state index contributed by atoms with van der Waals surface area (Å²) in [5.41, 5.74) is 0.537. The predicted octanol–water partition coefficient (Wildman–Crippen LogP) is 2.32. The topological polar surface area (TPSA) is 12.0 Å². The van der Waals surface area contributed by atoms with Crippen LogP contribution >= 0.6 is 0 Å². The van der Waals surface area contributed by atoms with Crippen LogP contribution in [0.1, 0.15) is 45.4 Å². The van der Waals surface area contributed by atoms with Gasteiger partial charge in [-0.05, 0) is 51.5 Å². The van der Waals surface area contributed by atoms with Crippen LogP contribution in [0.25, 0.3) is 0 Å². The van der Waals surface area contributed by atoms with Crippen LogP contribution < -0.4 is 5.32 Å². The Hall–Kier alpha value is -0.0400. The second-order valence-electron chi connectivity index (χ2n) is 4.59. The van der Waals surface area contributed by atoms with E-state index in [1.54, 1.807) is 0 Å². The van der Waals surface area contributed by atoms with Gasteiger partial charge in [0.15, 0.2) is 0 Å². The quantitative estimate of drug-likeness (QED) is 0.656. The minimum absolute atomic E-state index is 0.537. The summed E-state index contributed by atoms with van der Waals surface area (Å²) < 4.78 is 0. The van der Waals surface area contributed by atoms with Crippen molar-refractivity contribution in [2.45, 2.75) is 51.0 Å². The van der Waals surface area contributed by atoms with Gasteiger partial charge in [-0.2, -0.15) is 0 Å². The fourth-order valence-electron chi connectivity index (χ4n) is 1.97. The first kappa shape index (κ1) is 7.60. The highest BCUT2D eigenvalue weighted by Gasteiger charge is 2.32. The molecule has 1 N–H and O–H groups in total. The van der Waals surface area contributed by atoms with Gasteiger partial charge in [-0.3, -0.25) is 0 Å². The van der Waals surface area contributed by atoms with E-state index in [1.807, 2.05) is 0 Å². The molecule has 0 aromatic heterocycles. The fourth-order valence-corrected chi connectivity index (χ4v) is 1.97. The molecule has 0 atom stereocenters. The Kier molecular flexibility index (Phi) is 1.92. The van der Waals surface area contributed by atoms with Gasteiger partial charge in [-0.1, -0.05) is 6.42 Å². The van der Waals surface area contributed by atoms with Crippen LogP contribution in [-0.2, 0) is 0 Å². The molecule has 0 aromatic rings. The molecule has 0 unspecified atom stereocenters. The first-order valence-electron chi connectivity index (χ1n) is 5.04. The molecule has 2 rings (SSSR count). The minimum atomic E-state index is 0.537. The van der Waals surface area contributed by atoms with Crippen LogP contribution in [0.15, 0.2) is 0 Å². The number of rotatable bonds is 3. The van der Waals surface area contributed by atoms with Gasteiger partial charge < -0.3 is 5.32 Å². The van der Waals surface area contributed by atoms with Gasteiger partial charge >= 0.3 is 0 Å². The van der Waals surface area contributed by atoms with Crippen molar-refractivity contribution in [2.75, 3.05) is 6.54 Å². The maximum Gasteiger partial charge on any atom is 0.0153 e. The molecule has 0 radical (unpaired) electrons. The molecule has 2 aliphatic rings. The molecule has 11 heavy (non-hydrogen) atoms. The van der Waals surface area contributed by atoms with Crippen molar-refractivity contribution in [1.29, 1.82) is 0 Å². The zero-order chi connectivity index (χ0) is 7.73. The lowest BCUT2D eigenvalue weighted by Gasteiger charge is -2.41. The Labute approximate surface area is 69.6 Å². The smallest absolute Gasteiger partial charge is 0.0153 e. The van der Waals surface area contributed by atoms with Crippen molar-refractivity contribution >= 4 is 0 Å². The highest BCUT2D eigenvalue weighted by Crippen LogP contribution is 2.32. The van der Waals surface area contributed by atoms with Gasteiger partial charge in [-0.25, -0.2) is 0 Å². The molecule has 1 heteroatoms. The molecule has 0 saturated heterocycles. The zero-order valence-corrected chi connectivity index (χ0v) is 7.53. The summed E-state index contributed by atoms with van der Waals surface area (Å²) in [6.45, 7) is 3.66. The van der Waals surface area contributed by atoms with E-state index in [2.05, 4.69) is 12.2 Å². The third kappa shape index (κ3) is 1.58. The standard InChI is InChI=1S/C10H19N/c1-10(6-3-7-10)11-8-9-4-2-5-9/h9,11H,2-8H2,1H3. The zero-order valence-electron chi connectivity index (χ0n) is 7.53. The lowest BCUT2D eigenvalue weighted by molar-refractivity contribution is 0.177. The molecular weight excluding hydrogens is 134 g/mol. The van der Waals surface area contributed by atoms with Crippen LogP contribution in [0, 0.1) is 5.92 Å². The van der Waals surface area contributed by atoms with Crippen molar-refractivity contribution in [1.82, 2.24) is 5.32 Å². The highest BCUT2D eigenvalue weighted by atomic mass is 15.0. The molecular formula is C10H19N. The van der Waals surface area contributed by atoms with E-state index in [4.69, 9.17) is 0 Å². The van der Waals surface area contributed by atoms with Crippen LogP contribution in [0.4, 0.5) is 0 Å². The van der Waals surface area contributed by atoms with E-state index >= 15 is 0 Å². The second kappa shape index (κ2) is 2.78. The van der Waals surface area contributed by atoms with E-state index in [0.29, 0.717) is 5.54 Å². The van der Waals surface area contributed by atoms with E-state index in [-0.39, 0.29) is 0 Å². The van der Waals surface area contributed by atoms with Crippen molar-refractivity contribution in [3.05, 3.63) is 0 Å². The lowest BCUT2D eigenvalue weighted by Crippen LogP contribution is -2.50. The first-order chi connectivity index (χ1) is 5.29. The maximum absolute atomic E-state index is 3.70. The summed E-state index contributed by atoms with van der Waals surface area (Å²) in [6.07, 6.45) is 8.67. The van der Waals surface area contributed by atoms with Crippen molar-refractivity contribution < 1.29 is 0 Å². The molecule has 0 bridgehead atoms. The normalized spacial score (nSPS) is 29.2. The SMILES string of the molecule is CC1(NCC2CCC2)CCC1. The fraction of sp³-hybridized carbons (Fsp3) is 1.00. The van der Waals surface area contributed by atoms with Gasteiger partial charge in [0.25, 0.3) is 0 Å². The van der Waals surface area contributed by atoms with Crippen molar-refractivity contribution in [2.24, 2.45) is 5.92 Å². The summed E-state index contributed by atoms with van der Waals surface area (Å²) in [7, 11) is 0. The molecule has 2 aliphatic carbocycles. The van der Waals surface area contributed by atoms with Crippen LogP contribution in [0.5, 0.6) is 0 Å². The van der Waals surface area contributed by atoms with Gasteiger partial charge in [-0.15, -0.1) is 0 Å². The third-order valence-electron chi connectivity index (χ3n) is 3.50. The average Bonchev–Trinajstić information content (AvgIpc) is 1.81. The van der Waals surface area contributed by atoms with Gasteiger partial charge in [0.2, 0.25) is 0 Å². The van der Waals surface area contributed by atoms with E-state index < -0.39 is 0 Å². The number of hydrogen-bond donors (Lipinski definition) is 1. The summed E-state index contributed by atoms with van der Waals surface area (Å²) >= 11 is 0. The van der Waals surface area contributed by atoms with Gasteiger partial charge in [0.1, 0.15) is 0 Å². The highest BCUT2D eigenvalue weighted by molar-refractivity contribution is 4.92. The van der Waals surface area contributed by atoms with Crippen LogP contribution in [0.2, 0.25) is 0 Å². The minimum Gasteiger partial charge on any atom is -0.311 e. The molecule has 0 aromatic carbocycles. The van der Waals surface area contributed by atoms with Crippen molar-refractivity contribution in [3.63, 3.8) is 0 Å². The monoisotopic (exact) mass is 153 g/mol. The molecule has 1 nitrogen and oxygen atoms in total. The van der Waals surface area contributed by atoms with E-state index in [1.165, 1.54) is 45.1 Å². The first-order valence-corrected chi connectivity index (χ1v) is 5.04. The third-order valence-corrected chi connectivity index (χ3v) is 3.50. The Bertz CT molecular complexity index is 134. The summed E-state index contributed by atoms with van der Waals surface area (Å²) in [6, 6.07) is 0. The average molecular weight is 153 g/mol. The summed E-state index contributed by atoms with van der Waals surface area (Å²) in [5.74, 6) is 1.02. The molecule has 0 amide bonds. The molecule has 64 valence electrons. The molecule has 2 fully saturated rings. The largest absolute Gasteiger partial charge is 0.311 e. The Morgan fingerprint density at radius 3 is 2.36 bits per heavy atom.